The van der Waals surface area contributed by atoms with E-state index in [4.69, 9.17) is 0 Å². The molecule has 0 saturated carbocycles. The topological polar surface area (TPSA) is 75.3 Å². The van der Waals surface area contributed by atoms with E-state index in [1.54, 1.807) is 18.2 Å². The van der Waals surface area contributed by atoms with Crippen molar-refractivity contribution in [2.75, 3.05) is 13.6 Å². The summed E-state index contributed by atoms with van der Waals surface area (Å²) in [5.41, 5.74) is 0.920. The molecule has 2 N–H and O–H groups in total. The number of carbonyl (C=O) groups is 1. The second kappa shape index (κ2) is 7.06. The molecule has 0 aliphatic heterocycles. The molecule has 104 valence electrons. The Morgan fingerprint density at radius 3 is 2.47 bits per heavy atom. The van der Waals surface area contributed by atoms with Crippen LogP contribution >= 0.6 is 0 Å². The minimum Gasteiger partial charge on any atom is -0.353 e. The third-order valence-electron chi connectivity index (χ3n) is 2.59. The minimum absolute atomic E-state index is 0.0492. The molecule has 19 heavy (non-hydrogen) atoms. The molecule has 5 nitrogen and oxygen atoms in total. The van der Waals surface area contributed by atoms with Crippen molar-refractivity contribution in [3.63, 3.8) is 0 Å². The Hall–Kier alpha value is -1.66. The predicted octanol–water partition coefficient (Wildman–Crippen LogP) is 0.829. The molecular weight excluding hydrogens is 264 g/mol. The first-order valence-corrected chi connectivity index (χ1v) is 7.38. The molecule has 0 bridgehead atoms. The van der Waals surface area contributed by atoms with Gasteiger partial charge in [0.1, 0.15) is 0 Å². The molecule has 0 spiro atoms. The van der Waals surface area contributed by atoms with E-state index < -0.39 is 10.0 Å². The summed E-state index contributed by atoms with van der Waals surface area (Å²) in [5, 5.41) is 2.68. The maximum absolute atomic E-state index is 11.5. The standard InChI is InChI=1S/C13H18N2O3S/c1-3-10-15-13(16)9-6-11-4-7-12(8-5-11)19(17,18)14-2/h3-5,7-8,14H,1,6,9-10H2,2H3,(H,15,16). The number of aryl methyl sites for hydroxylation is 1. The Balaban J connectivity index is 2.58. The van der Waals surface area contributed by atoms with Gasteiger partial charge in [-0.2, -0.15) is 0 Å². The molecule has 6 heteroatoms. The van der Waals surface area contributed by atoms with Crippen LogP contribution in [0.1, 0.15) is 12.0 Å². The van der Waals surface area contributed by atoms with Crippen molar-refractivity contribution < 1.29 is 13.2 Å². The van der Waals surface area contributed by atoms with Crippen molar-refractivity contribution in [2.24, 2.45) is 0 Å². The molecular formula is C13H18N2O3S. The Labute approximate surface area is 113 Å². The molecule has 1 aromatic rings. The van der Waals surface area contributed by atoms with Crippen LogP contribution in [0, 0.1) is 0 Å². The fourth-order valence-electron chi connectivity index (χ4n) is 1.49. The average Bonchev–Trinajstić information content (AvgIpc) is 2.43. The third-order valence-corrected chi connectivity index (χ3v) is 4.02. The molecule has 0 radical (unpaired) electrons. The van der Waals surface area contributed by atoms with Gasteiger partial charge in [0.15, 0.2) is 0 Å². The maximum Gasteiger partial charge on any atom is 0.240 e. The predicted molar refractivity (Wildman–Crippen MR) is 74.2 cm³/mol. The van der Waals surface area contributed by atoms with Gasteiger partial charge in [-0.25, -0.2) is 13.1 Å². The van der Waals surface area contributed by atoms with Gasteiger partial charge in [0.05, 0.1) is 4.90 Å². The second-order valence-electron chi connectivity index (χ2n) is 3.94. The molecule has 0 aromatic heterocycles. The van der Waals surface area contributed by atoms with E-state index in [1.165, 1.54) is 19.2 Å². The highest BCUT2D eigenvalue weighted by Crippen LogP contribution is 2.11. The number of sulfonamides is 1. The summed E-state index contributed by atoms with van der Waals surface area (Å²) in [4.78, 5) is 11.6. The van der Waals surface area contributed by atoms with Gasteiger partial charge in [-0.1, -0.05) is 18.2 Å². The zero-order chi connectivity index (χ0) is 14.3. The lowest BCUT2D eigenvalue weighted by Crippen LogP contribution is -2.23. The highest BCUT2D eigenvalue weighted by molar-refractivity contribution is 7.89. The molecule has 0 aliphatic carbocycles. The summed E-state index contributed by atoms with van der Waals surface area (Å²) in [6, 6.07) is 6.49. The van der Waals surface area contributed by atoms with Crippen LogP contribution in [-0.2, 0) is 21.2 Å². The van der Waals surface area contributed by atoms with Crippen molar-refractivity contribution in [1.82, 2.24) is 10.0 Å². The van der Waals surface area contributed by atoms with Gasteiger partial charge in [-0.3, -0.25) is 4.79 Å². The number of nitrogens with one attached hydrogen (secondary N) is 2. The number of hydrogen-bond donors (Lipinski definition) is 2. The van der Waals surface area contributed by atoms with Gasteiger partial charge in [0.2, 0.25) is 15.9 Å². The van der Waals surface area contributed by atoms with Crippen molar-refractivity contribution >= 4 is 15.9 Å². The van der Waals surface area contributed by atoms with E-state index in [-0.39, 0.29) is 10.8 Å². The molecule has 0 heterocycles. The van der Waals surface area contributed by atoms with Crippen LogP contribution in [0.5, 0.6) is 0 Å². The summed E-state index contributed by atoms with van der Waals surface area (Å²) in [5.74, 6) is -0.0492. The lowest BCUT2D eigenvalue weighted by molar-refractivity contribution is -0.120. The van der Waals surface area contributed by atoms with Crippen LogP contribution in [0.2, 0.25) is 0 Å². The van der Waals surface area contributed by atoms with Crippen LogP contribution < -0.4 is 10.0 Å². The molecule has 0 saturated heterocycles. The SMILES string of the molecule is C=CCNC(=O)CCc1ccc(S(=O)(=O)NC)cc1. The molecule has 1 aromatic carbocycles. The average molecular weight is 282 g/mol. The highest BCUT2D eigenvalue weighted by atomic mass is 32.2. The largest absolute Gasteiger partial charge is 0.353 e. The first-order chi connectivity index (χ1) is 8.99. The Morgan fingerprint density at radius 2 is 1.95 bits per heavy atom. The number of carbonyl (C=O) groups excluding carboxylic acids is 1. The van der Waals surface area contributed by atoms with E-state index in [2.05, 4.69) is 16.6 Å². The fraction of sp³-hybridized carbons (Fsp3) is 0.308. The number of amides is 1. The first kappa shape index (κ1) is 15.4. The van der Waals surface area contributed by atoms with E-state index in [0.29, 0.717) is 19.4 Å². The molecule has 0 unspecified atom stereocenters. The number of hydrogen-bond acceptors (Lipinski definition) is 3. The van der Waals surface area contributed by atoms with E-state index in [1.807, 2.05) is 0 Å². The van der Waals surface area contributed by atoms with Crippen molar-refractivity contribution in [3.8, 4) is 0 Å². The summed E-state index contributed by atoms with van der Waals surface area (Å²) in [6.07, 6.45) is 2.56. The Bertz CT molecular complexity index is 536. The highest BCUT2D eigenvalue weighted by Gasteiger charge is 2.10. The van der Waals surface area contributed by atoms with Crippen LogP contribution in [0.25, 0.3) is 0 Å². The van der Waals surface area contributed by atoms with Crippen LogP contribution in [-0.4, -0.2) is 27.9 Å². The van der Waals surface area contributed by atoms with Crippen molar-refractivity contribution in [3.05, 3.63) is 42.5 Å². The summed E-state index contributed by atoms with van der Waals surface area (Å²) in [7, 11) is -2.03. The van der Waals surface area contributed by atoms with Gasteiger partial charge in [0, 0.05) is 13.0 Å². The molecule has 0 atom stereocenters. The first-order valence-electron chi connectivity index (χ1n) is 5.89. The molecule has 0 aliphatic rings. The summed E-state index contributed by atoms with van der Waals surface area (Å²) in [6.45, 7) is 3.97. The monoisotopic (exact) mass is 282 g/mol. The number of rotatable bonds is 7. The maximum atomic E-state index is 11.5. The van der Waals surface area contributed by atoms with Gasteiger partial charge >= 0.3 is 0 Å². The van der Waals surface area contributed by atoms with E-state index in [0.717, 1.165) is 5.56 Å². The normalized spacial score (nSPS) is 11.0. The van der Waals surface area contributed by atoms with Gasteiger partial charge in [-0.05, 0) is 31.2 Å². The lowest BCUT2D eigenvalue weighted by atomic mass is 10.1. The molecule has 1 rings (SSSR count). The number of benzene rings is 1. The van der Waals surface area contributed by atoms with Crippen LogP contribution in [0.3, 0.4) is 0 Å². The second-order valence-corrected chi connectivity index (χ2v) is 5.83. The zero-order valence-corrected chi connectivity index (χ0v) is 11.7. The lowest BCUT2D eigenvalue weighted by Gasteiger charge is -2.05. The summed E-state index contributed by atoms with van der Waals surface area (Å²) < 4.78 is 25.3. The van der Waals surface area contributed by atoms with Gasteiger partial charge in [0.25, 0.3) is 0 Å². The van der Waals surface area contributed by atoms with E-state index >= 15 is 0 Å². The smallest absolute Gasteiger partial charge is 0.240 e. The fourth-order valence-corrected chi connectivity index (χ4v) is 2.22. The quantitative estimate of drug-likeness (QED) is 0.727. The Kier molecular flexibility index (Phi) is 5.72. The molecule has 0 fully saturated rings. The third kappa shape index (κ3) is 4.84. The van der Waals surface area contributed by atoms with Gasteiger partial charge < -0.3 is 5.32 Å². The summed E-state index contributed by atoms with van der Waals surface area (Å²) >= 11 is 0. The van der Waals surface area contributed by atoms with Crippen LogP contribution in [0.4, 0.5) is 0 Å². The van der Waals surface area contributed by atoms with Crippen molar-refractivity contribution in [2.45, 2.75) is 17.7 Å². The van der Waals surface area contributed by atoms with Gasteiger partial charge in [-0.15, -0.1) is 6.58 Å². The van der Waals surface area contributed by atoms with Crippen molar-refractivity contribution in [1.29, 1.82) is 0 Å². The van der Waals surface area contributed by atoms with E-state index in [9.17, 15) is 13.2 Å². The Morgan fingerprint density at radius 1 is 1.32 bits per heavy atom. The van der Waals surface area contributed by atoms with Crippen LogP contribution in [0.15, 0.2) is 41.8 Å². The minimum atomic E-state index is -3.40. The molecule has 1 amide bonds. The zero-order valence-electron chi connectivity index (χ0n) is 10.8.